The molecule has 1 N–H and O–H groups in total. The number of aliphatic hydroxyl groups excluding tert-OH is 1. The number of hydrogen-bond donors (Lipinski definition) is 1. The monoisotopic (exact) mass is 249 g/mol. The van der Waals surface area contributed by atoms with Gasteiger partial charge in [-0.15, -0.1) is 0 Å². The molecule has 0 saturated carbocycles. The molecular weight excluding hydrogens is 226 g/mol. The molecule has 2 rings (SSSR count). The van der Waals surface area contributed by atoms with Crippen LogP contribution in [-0.4, -0.2) is 42.4 Å². The second-order valence-electron chi connectivity index (χ2n) is 4.98. The fraction of sp³-hybridized carbons (Fsp3) is 0.600. The van der Waals surface area contributed by atoms with Gasteiger partial charge in [-0.25, -0.2) is 0 Å². The summed E-state index contributed by atoms with van der Waals surface area (Å²) >= 11 is 0. The predicted molar refractivity (Wildman–Crippen MR) is 73.0 cm³/mol. The first-order valence-corrected chi connectivity index (χ1v) is 6.84. The SMILES string of the molecule is Cc1ccccc1OCCN1CCCCC1CO. The van der Waals surface area contributed by atoms with E-state index in [0.717, 1.165) is 25.3 Å². The van der Waals surface area contributed by atoms with Crippen LogP contribution < -0.4 is 4.74 Å². The maximum atomic E-state index is 9.34. The number of rotatable bonds is 5. The third-order valence-electron chi connectivity index (χ3n) is 3.69. The van der Waals surface area contributed by atoms with Gasteiger partial charge in [0.15, 0.2) is 0 Å². The van der Waals surface area contributed by atoms with E-state index in [0.29, 0.717) is 12.6 Å². The molecule has 1 aromatic carbocycles. The molecule has 0 aromatic heterocycles. The van der Waals surface area contributed by atoms with Gasteiger partial charge in [-0.1, -0.05) is 24.6 Å². The number of hydrogen-bond acceptors (Lipinski definition) is 3. The van der Waals surface area contributed by atoms with Gasteiger partial charge in [0.05, 0.1) is 6.61 Å². The molecule has 3 heteroatoms. The fourth-order valence-corrected chi connectivity index (χ4v) is 2.55. The Morgan fingerprint density at radius 3 is 2.94 bits per heavy atom. The highest BCUT2D eigenvalue weighted by Gasteiger charge is 2.21. The van der Waals surface area contributed by atoms with Gasteiger partial charge < -0.3 is 9.84 Å². The van der Waals surface area contributed by atoms with Crippen LogP contribution in [0, 0.1) is 6.92 Å². The Kier molecular flexibility index (Phi) is 5.02. The lowest BCUT2D eigenvalue weighted by atomic mass is 10.0. The number of piperidine rings is 1. The van der Waals surface area contributed by atoms with Gasteiger partial charge in [0.2, 0.25) is 0 Å². The van der Waals surface area contributed by atoms with Crippen molar-refractivity contribution >= 4 is 0 Å². The first-order valence-electron chi connectivity index (χ1n) is 6.84. The van der Waals surface area contributed by atoms with Crippen LogP contribution in [0.1, 0.15) is 24.8 Å². The van der Waals surface area contributed by atoms with E-state index in [1.165, 1.54) is 18.4 Å². The average molecular weight is 249 g/mol. The Labute approximate surface area is 109 Å². The largest absolute Gasteiger partial charge is 0.492 e. The van der Waals surface area contributed by atoms with Crippen molar-refractivity contribution in [3.8, 4) is 5.75 Å². The highest BCUT2D eigenvalue weighted by atomic mass is 16.5. The van der Waals surface area contributed by atoms with E-state index in [-0.39, 0.29) is 6.61 Å². The van der Waals surface area contributed by atoms with Gasteiger partial charge in [0, 0.05) is 12.6 Å². The molecule has 1 aliphatic rings. The lowest BCUT2D eigenvalue weighted by Gasteiger charge is -2.34. The summed E-state index contributed by atoms with van der Waals surface area (Å²) in [6.45, 7) is 5.01. The Hall–Kier alpha value is -1.06. The minimum Gasteiger partial charge on any atom is -0.492 e. The van der Waals surface area contributed by atoms with Crippen LogP contribution in [0.25, 0.3) is 0 Å². The Bertz CT molecular complexity index is 367. The smallest absolute Gasteiger partial charge is 0.122 e. The zero-order valence-electron chi connectivity index (χ0n) is 11.1. The van der Waals surface area contributed by atoms with Gasteiger partial charge in [0.1, 0.15) is 12.4 Å². The molecule has 0 aliphatic carbocycles. The molecule has 3 nitrogen and oxygen atoms in total. The standard InChI is InChI=1S/C15H23NO2/c1-13-6-2-3-8-15(13)18-11-10-16-9-5-4-7-14(16)12-17/h2-3,6,8,14,17H,4-5,7,9-12H2,1H3. The van der Waals surface area contributed by atoms with E-state index >= 15 is 0 Å². The molecule has 0 amide bonds. The van der Waals surface area contributed by atoms with Crippen molar-refractivity contribution in [2.24, 2.45) is 0 Å². The number of ether oxygens (including phenoxy) is 1. The van der Waals surface area contributed by atoms with Crippen molar-refractivity contribution in [2.45, 2.75) is 32.2 Å². The Morgan fingerprint density at radius 2 is 2.17 bits per heavy atom. The number of aryl methyl sites for hydroxylation is 1. The highest BCUT2D eigenvalue weighted by molar-refractivity contribution is 5.31. The van der Waals surface area contributed by atoms with Gasteiger partial charge in [-0.3, -0.25) is 4.90 Å². The Morgan fingerprint density at radius 1 is 1.33 bits per heavy atom. The van der Waals surface area contributed by atoms with Crippen LogP contribution in [-0.2, 0) is 0 Å². The minimum absolute atomic E-state index is 0.268. The van der Waals surface area contributed by atoms with Gasteiger partial charge in [-0.05, 0) is 37.9 Å². The van der Waals surface area contributed by atoms with Crippen LogP contribution >= 0.6 is 0 Å². The molecule has 1 saturated heterocycles. The van der Waals surface area contributed by atoms with Crippen molar-refractivity contribution in [3.05, 3.63) is 29.8 Å². The maximum Gasteiger partial charge on any atom is 0.122 e. The molecule has 1 fully saturated rings. The van der Waals surface area contributed by atoms with Crippen molar-refractivity contribution in [3.63, 3.8) is 0 Å². The van der Waals surface area contributed by atoms with Gasteiger partial charge >= 0.3 is 0 Å². The number of likely N-dealkylation sites (tertiary alicyclic amines) is 1. The third-order valence-corrected chi connectivity index (χ3v) is 3.69. The van der Waals surface area contributed by atoms with Gasteiger partial charge in [0.25, 0.3) is 0 Å². The number of nitrogens with zero attached hydrogens (tertiary/aromatic N) is 1. The summed E-state index contributed by atoms with van der Waals surface area (Å²) < 4.78 is 5.81. The molecule has 1 unspecified atom stereocenters. The first kappa shape index (κ1) is 13.4. The summed E-state index contributed by atoms with van der Waals surface area (Å²) in [7, 11) is 0. The molecule has 0 radical (unpaired) electrons. The van der Waals surface area contributed by atoms with E-state index in [9.17, 15) is 5.11 Å². The van der Waals surface area contributed by atoms with Crippen molar-refractivity contribution in [1.29, 1.82) is 0 Å². The molecule has 0 spiro atoms. The topological polar surface area (TPSA) is 32.7 Å². The average Bonchev–Trinajstić information content (AvgIpc) is 2.41. The van der Waals surface area contributed by atoms with E-state index in [2.05, 4.69) is 17.9 Å². The van der Waals surface area contributed by atoms with Crippen LogP contribution in [0.3, 0.4) is 0 Å². The van der Waals surface area contributed by atoms with Crippen molar-refractivity contribution in [2.75, 3.05) is 26.3 Å². The van der Waals surface area contributed by atoms with E-state index in [1.807, 2.05) is 18.2 Å². The summed E-state index contributed by atoms with van der Waals surface area (Å²) in [4.78, 5) is 2.35. The first-order chi connectivity index (χ1) is 8.81. The number of aliphatic hydroxyl groups is 1. The molecule has 18 heavy (non-hydrogen) atoms. The Balaban J connectivity index is 1.79. The lowest BCUT2D eigenvalue weighted by molar-refractivity contribution is 0.0772. The van der Waals surface area contributed by atoms with Crippen LogP contribution in [0.4, 0.5) is 0 Å². The van der Waals surface area contributed by atoms with Crippen molar-refractivity contribution < 1.29 is 9.84 Å². The predicted octanol–water partition coefficient (Wildman–Crippen LogP) is 2.22. The summed E-state index contributed by atoms with van der Waals surface area (Å²) in [6, 6.07) is 8.43. The highest BCUT2D eigenvalue weighted by Crippen LogP contribution is 2.18. The van der Waals surface area contributed by atoms with Gasteiger partial charge in [-0.2, -0.15) is 0 Å². The third kappa shape index (κ3) is 3.47. The van der Waals surface area contributed by atoms with E-state index < -0.39 is 0 Å². The van der Waals surface area contributed by atoms with Crippen LogP contribution in [0.2, 0.25) is 0 Å². The molecule has 1 atom stereocenters. The zero-order valence-corrected chi connectivity index (χ0v) is 11.1. The quantitative estimate of drug-likeness (QED) is 0.868. The molecular formula is C15H23NO2. The summed E-state index contributed by atoms with van der Waals surface area (Å²) in [5.41, 5.74) is 1.18. The number of para-hydroxylation sites is 1. The second kappa shape index (κ2) is 6.76. The normalized spacial score (nSPS) is 20.9. The molecule has 1 heterocycles. The summed E-state index contributed by atoms with van der Waals surface area (Å²) in [5, 5.41) is 9.34. The van der Waals surface area contributed by atoms with E-state index in [1.54, 1.807) is 0 Å². The fourth-order valence-electron chi connectivity index (χ4n) is 2.55. The minimum atomic E-state index is 0.268. The van der Waals surface area contributed by atoms with Crippen LogP contribution in [0.15, 0.2) is 24.3 Å². The number of benzene rings is 1. The molecule has 1 aliphatic heterocycles. The van der Waals surface area contributed by atoms with Crippen LogP contribution in [0.5, 0.6) is 5.75 Å². The molecule has 0 bridgehead atoms. The zero-order chi connectivity index (χ0) is 12.8. The summed E-state index contributed by atoms with van der Waals surface area (Å²) in [6.07, 6.45) is 3.59. The lowest BCUT2D eigenvalue weighted by Crippen LogP contribution is -2.43. The molecule has 1 aromatic rings. The molecule has 100 valence electrons. The van der Waals surface area contributed by atoms with E-state index in [4.69, 9.17) is 4.74 Å². The second-order valence-corrected chi connectivity index (χ2v) is 4.98. The summed E-state index contributed by atoms with van der Waals surface area (Å²) in [5.74, 6) is 0.968. The maximum absolute atomic E-state index is 9.34. The van der Waals surface area contributed by atoms with Crippen molar-refractivity contribution in [1.82, 2.24) is 4.90 Å².